The summed E-state index contributed by atoms with van der Waals surface area (Å²) in [6.07, 6.45) is 12.6. The Morgan fingerprint density at radius 1 is 1.00 bits per heavy atom. The zero-order valence-electron chi connectivity index (χ0n) is 18.4. The molecule has 4 heteroatoms. The van der Waals surface area contributed by atoms with Crippen molar-refractivity contribution in [3.63, 3.8) is 0 Å². The minimum atomic E-state index is -0.136. The van der Waals surface area contributed by atoms with Crippen LogP contribution in [0.3, 0.4) is 0 Å². The predicted octanol–water partition coefficient (Wildman–Crippen LogP) is 5.85. The van der Waals surface area contributed by atoms with E-state index < -0.39 is 0 Å². The number of hydrogen-bond acceptors (Lipinski definition) is 2. The Balaban J connectivity index is 1.11. The number of anilines is 1. The summed E-state index contributed by atoms with van der Waals surface area (Å²) in [5.74, 6) is 0.403. The molecule has 0 aliphatic carbocycles. The SMILES string of the molecule is Cn1cc(C2CCN(CCCCN3C=CCc4ccccc43)CC2)c2cc(F)ccc21. The number of halogens is 1. The molecule has 2 aromatic carbocycles. The number of rotatable bonds is 6. The first-order chi connectivity index (χ1) is 15.2. The molecule has 2 aliphatic heterocycles. The molecule has 5 rings (SSSR count). The van der Waals surface area contributed by atoms with Crippen molar-refractivity contribution in [3.05, 3.63) is 77.9 Å². The number of aryl methyl sites for hydroxylation is 1. The Hall–Kier alpha value is -2.59. The van der Waals surface area contributed by atoms with E-state index in [0.717, 1.165) is 49.8 Å². The second kappa shape index (κ2) is 8.88. The molecular formula is C27H32FN3. The second-order valence-electron chi connectivity index (χ2n) is 9.09. The summed E-state index contributed by atoms with van der Waals surface area (Å²) in [5, 5.41) is 1.09. The van der Waals surface area contributed by atoms with Crippen LogP contribution in [0.1, 0.15) is 42.7 Å². The lowest BCUT2D eigenvalue weighted by Gasteiger charge is -2.32. The molecule has 31 heavy (non-hydrogen) atoms. The quantitative estimate of drug-likeness (QED) is 0.466. The van der Waals surface area contributed by atoms with Crippen molar-refractivity contribution in [2.24, 2.45) is 7.05 Å². The van der Waals surface area contributed by atoms with Gasteiger partial charge in [-0.1, -0.05) is 24.3 Å². The number of allylic oxidation sites excluding steroid dienone is 1. The standard InChI is InChI=1S/C27H32FN3/c1-29-20-25(24-19-23(28)10-11-27(24)29)21-12-17-30(18-13-21)14-4-5-15-31-16-6-8-22-7-2-3-9-26(22)31/h2-3,6-7,9-11,16,19-21H,4-5,8,12-15,17-18H2,1H3. The first-order valence-electron chi connectivity index (χ1n) is 11.7. The Kier molecular flexibility index (Phi) is 5.82. The molecule has 0 bridgehead atoms. The zero-order chi connectivity index (χ0) is 21.2. The zero-order valence-corrected chi connectivity index (χ0v) is 18.4. The normalized spacial score (nSPS) is 17.4. The molecule has 1 saturated heterocycles. The predicted molar refractivity (Wildman–Crippen MR) is 127 cm³/mol. The van der Waals surface area contributed by atoms with Crippen molar-refractivity contribution in [3.8, 4) is 0 Å². The largest absolute Gasteiger partial charge is 0.350 e. The van der Waals surface area contributed by atoms with E-state index in [-0.39, 0.29) is 5.82 Å². The molecule has 1 fully saturated rings. The highest BCUT2D eigenvalue weighted by atomic mass is 19.1. The summed E-state index contributed by atoms with van der Waals surface area (Å²) in [6.45, 7) is 4.55. The summed E-state index contributed by atoms with van der Waals surface area (Å²) < 4.78 is 16.0. The van der Waals surface area contributed by atoms with Gasteiger partial charge in [0, 0.05) is 42.6 Å². The number of aromatic nitrogens is 1. The van der Waals surface area contributed by atoms with E-state index in [9.17, 15) is 4.39 Å². The van der Waals surface area contributed by atoms with E-state index in [4.69, 9.17) is 0 Å². The maximum atomic E-state index is 13.8. The molecule has 0 unspecified atom stereocenters. The molecular weight excluding hydrogens is 385 g/mol. The average Bonchev–Trinajstić information content (AvgIpc) is 3.12. The van der Waals surface area contributed by atoms with Gasteiger partial charge < -0.3 is 14.4 Å². The molecule has 0 atom stereocenters. The number of piperidine rings is 1. The van der Waals surface area contributed by atoms with Gasteiger partial charge in [0.2, 0.25) is 0 Å². The lowest BCUT2D eigenvalue weighted by molar-refractivity contribution is 0.209. The highest BCUT2D eigenvalue weighted by molar-refractivity contribution is 5.84. The van der Waals surface area contributed by atoms with Crippen LogP contribution in [0, 0.1) is 5.82 Å². The molecule has 0 amide bonds. The molecule has 3 nitrogen and oxygen atoms in total. The summed E-state index contributed by atoms with van der Waals surface area (Å²) >= 11 is 0. The molecule has 0 radical (unpaired) electrons. The minimum Gasteiger partial charge on any atom is -0.350 e. The number of unbranched alkanes of at least 4 members (excludes halogenated alkanes) is 1. The van der Waals surface area contributed by atoms with Gasteiger partial charge in [-0.15, -0.1) is 0 Å². The van der Waals surface area contributed by atoms with E-state index >= 15 is 0 Å². The summed E-state index contributed by atoms with van der Waals surface area (Å²) in [4.78, 5) is 5.02. The Labute approximate surface area is 184 Å². The van der Waals surface area contributed by atoms with E-state index in [2.05, 4.69) is 64.2 Å². The average molecular weight is 418 g/mol. The molecule has 0 spiro atoms. The van der Waals surface area contributed by atoms with Crippen LogP contribution in [-0.4, -0.2) is 35.6 Å². The lowest BCUT2D eigenvalue weighted by Crippen LogP contribution is -2.34. The minimum absolute atomic E-state index is 0.136. The van der Waals surface area contributed by atoms with Gasteiger partial charge in [-0.2, -0.15) is 0 Å². The first kappa shape index (κ1) is 20.3. The third-order valence-corrected chi connectivity index (χ3v) is 7.06. The van der Waals surface area contributed by atoms with Gasteiger partial charge in [-0.25, -0.2) is 4.39 Å². The fourth-order valence-electron chi connectivity index (χ4n) is 5.35. The van der Waals surface area contributed by atoms with Crippen molar-refractivity contribution in [1.82, 2.24) is 9.47 Å². The van der Waals surface area contributed by atoms with Crippen LogP contribution >= 0.6 is 0 Å². The van der Waals surface area contributed by atoms with Crippen LogP contribution in [0.2, 0.25) is 0 Å². The van der Waals surface area contributed by atoms with E-state index in [1.807, 2.05) is 6.07 Å². The van der Waals surface area contributed by atoms with Gasteiger partial charge >= 0.3 is 0 Å². The van der Waals surface area contributed by atoms with Gasteiger partial charge in [0.1, 0.15) is 5.82 Å². The molecule has 3 heterocycles. The van der Waals surface area contributed by atoms with Gasteiger partial charge in [-0.3, -0.25) is 0 Å². The third kappa shape index (κ3) is 4.27. The van der Waals surface area contributed by atoms with Crippen LogP contribution in [0.15, 0.2) is 60.9 Å². The van der Waals surface area contributed by atoms with Crippen LogP contribution in [0.25, 0.3) is 10.9 Å². The van der Waals surface area contributed by atoms with Crippen LogP contribution in [0.4, 0.5) is 10.1 Å². The van der Waals surface area contributed by atoms with Crippen molar-refractivity contribution in [2.75, 3.05) is 31.1 Å². The number of nitrogens with zero attached hydrogens (tertiary/aromatic N) is 3. The number of hydrogen-bond donors (Lipinski definition) is 0. The van der Waals surface area contributed by atoms with E-state index in [1.165, 1.54) is 36.2 Å². The second-order valence-corrected chi connectivity index (χ2v) is 9.09. The van der Waals surface area contributed by atoms with E-state index in [1.54, 1.807) is 12.1 Å². The summed E-state index contributed by atoms with van der Waals surface area (Å²) in [6, 6.07) is 13.9. The smallest absolute Gasteiger partial charge is 0.123 e. The fraction of sp³-hybridized carbons (Fsp3) is 0.407. The van der Waals surface area contributed by atoms with Crippen LogP contribution < -0.4 is 4.90 Å². The lowest BCUT2D eigenvalue weighted by atomic mass is 9.89. The first-order valence-corrected chi connectivity index (χ1v) is 11.7. The highest BCUT2D eigenvalue weighted by Gasteiger charge is 2.23. The molecule has 0 saturated carbocycles. The Morgan fingerprint density at radius 2 is 1.81 bits per heavy atom. The van der Waals surface area contributed by atoms with Crippen molar-refractivity contribution in [2.45, 2.75) is 38.0 Å². The fourth-order valence-corrected chi connectivity index (χ4v) is 5.35. The van der Waals surface area contributed by atoms with Crippen LogP contribution in [0.5, 0.6) is 0 Å². The number of likely N-dealkylation sites (tertiary alicyclic amines) is 1. The monoisotopic (exact) mass is 417 g/mol. The number of para-hydroxylation sites is 1. The van der Waals surface area contributed by atoms with Crippen molar-refractivity contribution in [1.29, 1.82) is 0 Å². The van der Waals surface area contributed by atoms with Crippen molar-refractivity contribution < 1.29 is 4.39 Å². The highest BCUT2D eigenvalue weighted by Crippen LogP contribution is 2.34. The number of benzene rings is 2. The number of fused-ring (bicyclic) bond motifs is 2. The molecule has 2 aliphatic rings. The molecule has 3 aromatic rings. The Morgan fingerprint density at radius 3 is 2.68 bits per heavy atom. The summed E-state index contributed by atoms with van der Waals surface area (Å²) in [5.41, 5.74) is 5.26. The third-order valence-electron chi connectivity index (χ3n) is 7.06. The maximum Gasteiger partial charge on any atom is 0.123 e. The maximum absolute atomic E-state index is 13.8. The molecule has 0 N–H and O–H groups in total. The van der Waals surface area contributed by atoms with Gasteiger partial charge in [-0.05, 0) is 93.0 Å². The van der Waals surface area contributed by atoms with E-state index in [0.29, 0.717) is 5.92 Å². The molecule has 162 valence electrons. The summed E-state index contributed by atoms with van der Waals surface area (Å²) in [7, 11) is 2.06. The van der Waals surface area contributed by atoms with Gasteiger partial charge in [0.05, 0.1) is 0 Å². The van der Waals surface area contributed by atoms with Gasteiger partial charge in [0.25, 0.3) is 0 Å². The van der Waals surface area contributed by atoms with Gasteiger partial charge in [0.15, 0.2) is 0 Å². The molecule has 1 aromatic heterocycles. The van der Waals surface area contributed by atoms with Crippen molar-refractivity contribution >= 4 is 16.6 Å². The Bertz CT molecular complexity index is 1080. The topological polar surface area (TPSA) is 11.4 Å². The van der Waals surface area contributed by atoms with Crippen LogP contribution in [-0.2, 0) is 13.5 Å².